The zero-order valence-electron chi connectivity index (χ0n) is 10.9. The van der Waals surface area contributed by atoms with Gasteiger partial charge in [0.15, 0.2) is 11.2 Å². The van der Waals surface area contributed by atoms with Gasteiger partial charge in [-0.1, -0.05) is 0 Å². The molecule has 102 valence electrons. The zero-order valence-corrected chi connectivity index (χ0v) is 10.9. The molecule has 0 amide bonds. The first-order valence-electron chi connectivity index (χ1n) is 6.21. The molecule has 3 rings (SSSR count). The van der Waals surface area contributed by atoms with Crippen molar-refractivity contribution in [2.75, 3.05) is 31.1 Å². The van der Waals surface area contributed by atoms with Crippen LogP contribution in [0.4, 0.5) is 5.95 Å². The van der Waals surface area contributed by atoms with E-state index in [2.05, 4.69) is 20.2 Å². The smallest absolute Gasteiger partial charge is 0.329 e. The molecule has 1 aliphatic heterocycles. The number of anilines is 1. The summed E-state index contributed by atoms with van der Waals surface area (Å²) in [6.07, 6.45) is 0. The van der Waals surface area contributed by atoms with Crippen LogP contribution in [0, 0.1) is 0 Å². The lowest BCUT2D eigenvalue weighted by Gasteiger charge is -2.28. The van der Waals surface area contributed by atoms with Crippen molar-refractivity contribution >= 4 is 17.1 Å². The quantitative estimate of drug-likeness (QED) is 0.645. The van der Waals surface area contributed by atoms with Crippen molar-refractivity contribution in [3.8, 4) is 0 Å². The highest BCUT2D eigenvalue weighted by Crippen LogP contribution is 2.17. The van der Waals surface area contributed by atoms with Crippen molar-refractivity contribution in [1.29, 1.82) is 0 Å². The van der Waals surface area contributed by atoms with Crippen LogP contribution in [0.1, 0.15) is 0 Å². The van der Waals surface area contributed by atoms with Crippen molar-refractivity contribution in [3.63, 3.8) is 0 Å². The van der Waals surface area contributed by atoms with Crippen LogP contribution >= 0.6 is 0 Å². The zero-order chi connectivity index (χ0) is 13.6. The van der Waals surface area contributed by atoms with Crippen LogP contribution in [0.15, 0.2) is 9.59 Å². The van der Waals surface area contributed by atoms with E-state index in [1.807, 2.05) is 0 Å². The number of hydrogen-bond donors (Lipinski definition) is 2. The third-order valence-electron chi connectivity index (χ3n) is 3.51. The molecule has 2 N–H and O–H groups in total. The Kier molecular flexibility index (Phi) is 2.67. The number of hydrogen-bond acceptors (Lipinski definition) is 5. The Balaban J connectivity index is 2.25. The van der Waals surface area contributed by atoms with Crippen LogP contribution in [0.5, 0.6) is 0 Å². The van der Waals surface area contributed by atoms with Gasteiger partial charge >= 0.3 is 5.69 Å². The maximum absolute atomic E-state index is 11.9. The van der Waals surface area contributed by atoms with Crippen molar-refractivity contribution < 1.29 is 0 Å². The van der Waals surface area contributed by atoms with Crippen LogP contribution in [0.3, 0.4) is 0 Å². The Labute approximate surface area is 108 Å². The Morgan fingerprint density at radius 1 is 1.11 bits per heavy atom. The van der Waals surface area contributed by atoms with Gasteiger partial charge in [-0.25, -0.2) is 4.79 Å². The number of piperazine rings is 1. The second kappa shape index (κ2) is 4.23. The number of imidazole rings is 1. The van der Waals surface area contributed by atoms with Gasteiger partial charge in [0.25, 0.3) is 5.56 Å². The van der Waals surface area contributed by atoms with Gasteiger partial charge in [-0.05, 0) is 0 Å². The summed E-state index contributed by atoms with van der Waals surface area (Å²) in [6, 6.07) is 0. The molecular weight excluding hydrogens is 248 g/mol. The summed E-state index contributed by atoms with van der Waals surface area (Å²) >= 11 is 0. The van der Waals surface area contributed by atoms with Crippen LogP contribution in [-0.4, -0.2) is 45.3 Å². The minimum atomic E-state index is -0.442. The molecule has 0 atom stereocenters. The molecule has 2 aromatic rings. The van der Waals surface area contributed by atoms with E-state index in [1.54, 1.807) is 18.7 Å². The SMILES string of the molecule is Cn1c(N2CCNCC2)nc2c1c(=O)[nH]c(=O)n2C. The second-order valence-electron chi connectivity index (χ2n) is 4.70. The van der Waals surface area contributed by atoms with E-state index < -0.39 is 11.2 Å². The summed E-state index contributed by atoms with van der Waals surface area (Å²) in [6.45, 7) is 3.45. The average molecular weight is 264 g/mol. The lowest BCUT2D eigenvalue weighted by molar-refractivity contribution is 0.575. The van der Waals surface area contributed by atoms with Gasteiger partial charge in [-0.15, -0.1) is 0 Å². The topological polar surface area (TPSA) is 88.0 Å². The molecule has 0 saturated carbocycles. The molecule has 1 fully saturated rings. The molecule has 2 aromatic heterocycles. The van der Waals surface area contributed by atoms with Gasteiger partial charge in [0.05, 0.1) is 0 Å². The first-order chi connectivity index (χ1) is 9.09. The molecule has 1 saturated heterocycles. The van der Waals surface area contributed by atoms with Crippen LogP contribution < -0.4 is 21.5 Å². The Hall–Kier alpha value is -2.09. The van der Waals surface area contributed by atoms with Gasteiger partial charge in [0.2, 0.25) is 5.95 Å². The Morgan fingerprint density at radius 2 is 1.79 bits per heavy atom. The van der Waals surface area contributed by atoms with Crippen LogP contribution in [0.25, 0.3) is 11.2 Å². The van der Waals surface area contributed by atoms with Gasteiger partial charge in [-0.2, -0.15) is 4.98 Å². The third kappa shape index (κ3) is 1.75. The Bertz CT molecular complexity index is 734. The lowest BCUT2D eigenvalue weighted by Crippen LogP contribution is -2.44. The predicted molar refractivity (Wildman–Crippen MR) is 71.7 cm³/mol. The molecule has 0 bridgehead atoms. The largest absolute Gasteiger partial charge is 0.340 e. The van der Waals surface area contributed by atoms with E-state index in [0.717, 1.165) is 32.1 Å². The molecule has 3 heterocycles. The maximum Gasteiger partial charge on any atom is 0.329 e. The highest BCUT2D eigenvalue weighted by Gasteiger charge is 2.20. The number of nitrogens with zero attached hydrogens (tertiary/aromatic N) is 4. The number of nitrogens with one attached hydrogen (secondary N) is 2. The standard InChI is InChI=1S/C11H16N6O2/c1-15-7-8(16(2)11(19)14-9(7)18)13-10(15)17-5-3-12-4-6-17/h12H,3-6H2,1-2H3,(H,14,18,19). The van der Waals surface area contributed by atoms with Gasteiger partial charge in [-0.3, -0.25) is 14.3 Å². The molecule has 8 heteroatoms. The fourth-order valence-corrected chi connectivity index (χ4v) is 2.44. The van der Waals surface area contributed by atoms with E-state index >= 15 is 0 Å². The number of aryl methyl sites for hydroxylation is 2. The van der Waals surface area contributed by atoms with Gasteiger partial charge in [0.1, 0.15) is 0 Å². The first-order valence-corrected chi connectivity index (χ1v) is 6.21. The molecule has 8 nitrogen and oxygen atoms in total. The van der Waals surface area contributed by atoms with Gasteiger partial charge < -0.3 is 14.8 Å². The fraction of sp³-hybridized carbons (Fsp3) is 0.545. The highest BCUT2D eigenvalue weighted by molar-refractivity contribution is 5.74. The third-order valence-corrected chi connectivity index (χ3v) is 3.51. The molecular formula is C11H16N6O2. The predicted octanol–water partition coefficient (Wildman–Crippen LogP) is -1.63. The lowest BCUT2D eigenvalue weighted by atomic mass is 10.4. The van der Waals surface area contributed by atoms with Crippen molar-refractivity contribution in [1.82, 2.24) is 24.4 Å². The van der Waals surface area contributed by atoms with E-state index in [-0.39, 0.29) is 0 Å². The summed E-state index contributed by atoms with van der Waals surface area (Å²) in [4.78, 5) is 32.4. The van der Waals surface area contributed by atoms with E-state index in [9.17, 15) is 9.59 Å². The number of fused-ring (bicyclic) bond motifs is 1. The number of rotatable bonds is 1. The summed E-state index contributed by atoms with van der Waals surface area (Å²) in [5.41, 5.74) is 0.0114. The summed E-state index contributed by atoms with van der Waals surface area (Å²) in [5, 5.41) is 3.27. The highest BCUT2D eigenvalue weighted by atomic mass is 16.2. The fourth-order valence-electron chi connectivity index (χ4n) is 2.44. The monoisotopic (exact) mass is 264 g/mol. The molecule has 1 aliphatic rings. The van der Waals surface area contributed by atoms with Crippen molar-refractivity contribution in [2.24, 2.45) is 14.1 Å². The molecule has 0 aliphatic carbocycles. The second-order valence-corrected chi connectivity index (χ2v) is 4.70. The molecule has 0 aromatic carbocycles. The molecule has 0 spiro atoms. The summed E-state index contributed by atoms with van der Waals surface area (Å²) in [7, 11) is 3.40. The molecule has 0 unspecified atom stereocenters. The average Bonchev–Trinajstić information content (AvgIpc) is 2.76. The number of aromatic amines is 1. The normalized spacial score (nSPS) is 16.2. The van der Waals surface area contributed by atoms with Gasteiger partial charge in [0, 0.05) is 40.3 Å². The molecule has 0 radical (unpaired) electrons. The van der Waals surface area contributed by atoms with E-state index in [0.29, 0.717) is 11.2 Å². The van der Waals surface area contributed by atoms with Crippen molar-refractivity contribution in [2.45, 2.75) is 0 Å². The van der Waals surface area contributed by atoms with E-state index in [1.165, 1.54) is 4.57 Å². The first kappa shape index (κ1) is 12.0. The molecule has 19 heavy (non-hydrogen) atoms. The van der Waals surface area contributed by atoms with E-state index in [4.69, 9.17) is 0 Å². The number of H-pyrrole nitrogens is 1. The van der Waals surface area contributed by atoms with Crippen LogP contribution in [0.2, 0.25) is 0 Å². The Morgan fingerprint density at radius 3 is 2.47 bits per heavy atom. The van der Waals surface area contributed by atoms with Crippen LogP contribution in [-0.2, 0) is 14.1 Å². The maximum atomic E-state index is 11.9. The summed E-state index contributed by atoms with van der Waals surface area (Å²) in [5.74, 6) is 0.725. The summed E-state index contributed by atoms with van der Waals surface area (Å²) < 4.78 is 3.11. The minimum absolute atomic E-state index is 0.394. The minimum Gasteiger partial charge on any atom is -0.340 e. The van der Waals surface area contributed by atoms with Crippen molar-refractivity contribution in [3.05, 3.63) is 20.8 Å². The number of aromatic nitrogens is 4.